The molecule has 6 heterocycles. The normalized spacial score (nSPS) is 24.9. The van der Waals surface area contributed by atoms with Gasteiger partial charge in [0.15, 0.2) is 5.82 Å². The second-order valence-electron chi connectivity index (χ2n) is 13.5. The standard InChI is InChI=1S/C34H36F3N7O3S/c1-16(45)9-43-11-18-3-4-19(12-43)44(18)33-28-23-15-46-14-22(23)27(29-24(36)5-6-25-26(29)21(8-38)32(39)48-25)30(37)31(28)40-34(41-33)47-13-20-7-17(35)10-42(20)2/h5-6,16-20,45H,3-4,7,9-15,39H2,1-2H3/t16-,17+,18?,19?,20+/m1/s1. The Balaban J connectivity index is 1.34. The number of piperazine rings is 1. The number of nitriles is 1. The summed E-state index contributed by atoms with van der Waals surface area (Å²) in [6.07, 6.45) is 0.679. The van der Waals surface area contributed by atoms with Gasteiger partial charge in [0.1, 0.15) is 41.0 Å². The van der Waals surface area contributed by atoms with E-state index in [-0.39, 0.29) is 76.6 Å². The number of halogens is 3. The molecule has 0 aliphatic carbocycles. The van der Waals surface area contributed by atoms with Crippen molar-refractivity contribution >= 4 is 43.1 Å². The molecule has 4 aromatic rings. The van der Waals surface area contributed by atoms with Crippen molar-refractivity contribution < 1.29 is 27.8 Å². The third-order valence-corrected chi connectivity index (χ3v) is 11.3. The molecule has 2 unspecified atom stereocenters. The number of benzene rings is 2. The predicted molar refractivity (Wildman–Crippen MR) is 177 cm³/mol. The molecule has 8 rings (SSSR count). The van der Waals surface area contributed by atoms with E-state index in [0.29, 0.717) is 59.6 Å². The number of hydrogen-bond donors (Lipinski definition) is 2. The molecular formula is C34H36F3N7O3S. The number of nitrogens with zero attached hydrogens (tertiary/aromatic N) is 6. The Morgan fingerprint density at radius 1 is 1.12 bits per heavy atom. The molecule has 0 radical (unpaired) electrons. The van der Waals surface area contributed by atoms with E-state index in [9.17, 15) is 14.8 Å². The third kappa shape index (κ3) is 5.06. The van der Waals surface area contributed by atoms with Gasteiger partial charge in [0, 0.05) is 65.5 Å². The number of anilines is 2. The van der Waals surface area contributed by atoms with Crippen LogP contribution in [0.4, 0.5) is 24.0 Å². The average Bonchev–Trinajstić information content (AvgIpc) is 3.79. The van der Waals surface area contributed by atoms with Crippen molar-refractivity contribution in [3.8, 4) is 23.2 Å². The van der Waals surface area contributed by atoms with Crippen LogP contribution >= 0.6 is 11.3 Å². The highest BCUT2D eigenvalue weighted by Crippen LogP contribution is 2.49. The fraction of sp³-hybridized carbons (Fsp3) is 0.500. The number of aliphatic hydroxyl groups is 1. The molecule has 10 nitrogen and oxygen atoms in total. The monoisotopic (exact) mass is 679 g/mol. The van der Waals surface area contributed by atoms with Gasteiger partial charge in [-0.05, 0) is 56.5 Å². The van der Waals surface area contributed by atoms with Gasteiger partial charge in [0.05, 0.1) is 30.3 Å². The van der Waals surface area contributed by atoms with E-state index in [1.54, 1.807) is 13.0 Å². The molecule has 2 bridgehead atoms. The number of likely N-dealkylation sites (tertiary alicyclic amines) is 2. The van der Waals surface area contributed by atoms with Crippen molar-refractivity contribution in [1.82, 2.24) is 19.8 Å². The Labute approximate surface area is 279 Å². The molecule has 252 valence electrons. The molecule has 3 N–H and O–H groups in total. The lowest BCUT2D eigenvalue weighted by atomic mass is 9.90. The zero-order valence-corrected chi connectivity index (χ0v) is 27.5. The average molecular weight is 680 g/mol. The van der Waals surface area contributed by atoms with Gasteiger partial charge in [-0.1, -0.05) is 0 Å². The highest BCUT2D eigenvalue weighted by atomic mass is 32.1. The first-order valence-electron chi connectivity index (χ1n) is 16.3. The lowest BCUT2D eigenvalue weighted by molar-refractivity contribution is 0.111. The highest BCUT2D eigenvalue weighted by molar-refractivity contribution is 7.23. The molecule has 2 aromatic heterocycles. The maximum Gasteiger partial charge on any atom is 0.319 e. The number of aliphatic hydroxyl groups excluding tert-OH is 1. The van der Waals surface area contributed by atoms with Crippen LogP contribution in [-0.2, 0) is 18.0 Å². The van der Waals surface area contributed by atoms with E-state index in [2.05, 4.69) is 20.9 Å². The first-order chi connectivity index (χ1) is 23.1. The van der Waals surface area contributed by atoms with E-state index >= 15 is 8.78 Å². The number of alkyl halides is 1. The van der Waals surface area contributed by atoms with Crippen LogP contribution in [-0.4, -0.2) is 95.1 Å². The fourth-order valence-corrected chi connectivity index (χ4v) is 9.21. The summed E-state index contributed by atoms with van der Waals surface area (Å²) in [6.45, 7) is 4.35. The summed E-state index contributed by atoms with van der Waals surface area (Å²) >= 11 is 1.15. The van der Waals surface area contributed by atoms with E-state index < -0.39 is 23.9 Å². The van der Waals surface area contributed by atoms with Crippen LogP contribution in [0.5, 0.6) is 6.01 Å². The highest BCUT2D eigenvalue weighted by Gasteiger charge is 2.43. The maximum atomic E-state index is 17.4. The number of ether oxygens (including phenoxy) is 2. The Morgan fingerprint density at radius 2 is 1.88 bits per heavy atom. The Bertz CT molecular complexity index is 1970. The molecule has 4 aliphatic rings. The molecule has 3 saturated heterocycles. The quantitative estimate of drug-likeness (QED) is 0.284. The first kappa shape index (κ1) is 31.5. The number of thiophene rings is 1. The van der Waals surface area contributed by atoms with Crippen molar-refractivity contribution in [3.05, 3.63) is 40.5 Å². The molecular weight excluding hydrogens is 643 g/mol. The van der Waals surface area contributed by atoms with Crippen LogP contribution in [0.1, 0.15) is 42.9 Å². The van der Waals surface area contributed by atoms with Crippen LogP contribution < -0.4 is 15.4 Å². The number of fused-ring (bicyclic) bond motifs is 6. The third-order valence-electron chi connectivity index (χ3n) is 10.3. The largest absolute Gasteiger partial charge is 0.462 e. The summed E-state index contributed by atoms with van der Waals surface area (Å²) in [5.41, 5.74) is 7.34. The van der Waals surface area contributed by atoms with E-state index in [0.717, 1.165) is 24.2 Å². The minimum atomic E-state index is -0.963. The molecule has 5 atom stereocenters. The summed E-state index contributed by atoms with van der Waals surface area (Å²) in [6, 6.07) is 4.77. The van der Waals surface area contributed by atoms with Gasteiger partial charge in [0.2, 0.25) is 0 Å². The van der Waals surface area contributed by atoms with Crippen LogP contribution in [0.25, 0.3) is 32.1 Å². The molecule has 0 amide bonds. The van der Waals surface area contributed by atoms with Gasteiger partial charge >= 0.3 is 6.01 Å². The number of β-amino-alcohol motifs (C(OH)–C–C–N with tert-alkyl or cyclic N) is 1. The minimum absolute atomic E-state index is 0.0106. The Hall–Kier alpha value is -3.74. The molecule has 14 heteroatoms. The Morgan fingerprint density at radius 3 is 2.56 bits per heavy atom. The summed E-state index contributed by atoms with van der Waals surface area (Å²) in [7, 11) is 1.84. The summed E-state index contributed by atoms with van der Waals surface area (Å²) in [5, 5.41) is 21.1. The van der Waals surface area contributed by atoms with Gasteiger partial charge in [-0.3, -0.25) is 9.80 Å². The van der Waals surface area contributed by atoms with Crippen LogP contribution in [0, 0.1) is 23.0 Å². The zero-order chi connectivity index (χ0) is 33.4. The van der Waals surface area contributed by atoms with Gasteiger partial charge in [0.25, 0.3) is 0 Å². The van der Waals surface area contributed by atoms with Crippen molar-refractivity contribution in [2.24, 2.45) is 0 Å². The number of nitrogens with two attached hydrogens (primary N) is 1. The smallest absolute Gasteiger partial charge is 0.319 e. The SMILES string of the molecule is C[C@@H](O)CN1CC2CCC(C1)N2c1nc(OC[C@@H]2C[C@H](F)CN2C)nc2c(F)c(-c3c(F)ccc4sc(N)c(C#N)c34)c3c(c12)COC3. The molecule has 0 saturated carbocycles. The Kier molecular flexibility index (Phi) is 7.88. The lowest BCUT2D eigenvalue weighted by Crippen LogP contribution is -2.55. The van der Waals surface area contributed by atoms with Crippen LogP contribution in [0.2, 0.25) is 0 Å². The van der Waals surface area contributed by atoms with Crippen LogP contribution in [0.3, 0.4) is 0 Å². The van der Waals surface area contributed by atoms with Crippen molar-refractivity contribution in [2.45, 2.75) is 69.8 Å². The summed E-state index contributed by atoms with van der Waals surface area (Å²) in [4.78, 5) is 15.9. The topological polar surface area (TPSA) is 124 Å². The lowest BCUT2D eigenvalue weighted by Gasteiger charge is -2.42. The molecule has 48 heavy (non-hydrogen) atoms. The van der Waals surface area contributed by atoms with E-state index in [1.807, 2.05) is 11.9 Å². The minimum Gasteiger partial charge on any atom is -0.462 e. The molecule has 0 spiro atoms. The summed E-state index contributed by atoms with van der Waals surface area (Å²) in [5.74, 6) is -0.914. The van der Waals surface area contributed by atoms with Crippen molar-refractivity contribution in [2.75, 3.05) is 50.5 Å². The van der Waals surface area contributed by atoms with Crippen molar-refractivity contribution in [1.29, 1.82) is 5.26 Å². The van der Waals surface area contributed by atoms with Crippen LogP contribution in [0.15, 0.2) is 12.1 Å². The number of rotatable bonds is 7. The summed E-state index contributed by atoms with van der Waals surface area (Å²) < 4.78 is 60.1. The predicted octanol–water partition coefficient (Wildman–Crippen LogP) is 4.73. The molecule has 4 aliphatic heterocycles. The number of nitrogen functional groups attached to an aromatic ring is 1. The molecule has 2 aromatic carbocycles. The first-order valence-corrected chi connectivity index (χ1v) is 17.1. The number of hydrogen-bond acceptors (Lipinski definition) is 11. The van der Waals surface area contributed by atoms with Gasteiger partial charge in [-0.2, -0.15) is 15.2 Å². The maximum absolute atomic E-state index is 17.4. The van der Waals surface area contributed by atoms with Crippen molar-refractivity contribution in [3.63, 3.8) is 0 Å². The zero-order valence-electron chi connectivity index (χ0n) is 26.7. The van der Waals surface area contributed by atoms with Gasteiger partial charge < -0.3 is 25.2 Å². The second-order valence-corrected chi connectivity index (χ2v) is 14.6. The number of aromatic nitrogens is 2. The van der Waals surface area contributed by atoms with Gasteiger partial charge in [-0.15, -0.1) is 11.3 Å². The van der Waals surface area contributed by atoms with Gasteiger partial charge in [-0.25, -0.2) is 13.2 Å². The second kappa shape index (κ2) is 12.0. The fourth-order valence-electron chi connectivity index (χ4n) is 8.28. The van der Waals surface area contributed by atoms with E-state index in [1.165, 1.54) is 6.07 Å². The number of likely N-dealkylation sites (N-methyl/N-ethyl adjacent to an activating group) is 1. The van der Waals surface area contributed by atoms with E-state index in [4.69, 9.17) is 20.2 Å². The molecule has 3 fully saturated rings.